The molecule has 4 nitrogen and oxygen atoms in total. The molecule has 0 amide bonds. The Morgan fingerprint density at radius 1 is 1.10 bits per heavy atom. The maximum Gasteiger partial charge on any atom is 0.406 e. The van der Waals surface area contributed by atoms with E-state index in [4.69, 9.17) is 4.98 Å². The van der Waals surface area contributed by atoms with E-state index in [1.165, 1.54) is 0 Å². The van der Waals surface area contributed by atoms with Gasteiger partial charge in [-0.3, -0.25) is 4.98 Å². The molecule has 29 heavy (non-hydrogen) atoms. The van der Waals surface area contributed by atoms with Crippen LogP contribution in [0.4, 0.5) is 13.2 Å². The van der Waals surface area contributed by atoms with Gasteiger partial charge in [0.15, 0.2) is 0 Å². The van der Waals surface area contributed by atoms with Crippen LogP contribution in [0, 0.1) is 13.8 Å². The molecule has 156 valence electrons. The quantitative estimate of drug-likeness (QED) is 0.539. The zero-order chi connectivity index (χ0) is 21.2. The summed E-state index contributed by atoms with van der Waals surface area (Å²) in [6, 6.07) is 3.82. The Kier molecular flexibility index (Phi) is 6.40. The highest BCUT2D eigenvalue weighted by Gasteiger charge is 2.46. The molecule has 3 rings (SSSR count). The van der Waals surface area contributed by atoms with Crippen LogP contribution in [0.15, 0.2) is 23.7 Å². The second-order valence-electron chi connectivity index (χ2n) is 7.41. The summed E-state index contributed by atoms with van der Waals surface area (Å²) in [5, 5.41) is 6.60. The van der Waals surface area contributed by atoms with E-state index in [1.807, 2.05) is 31.4 Å². The highest BCUT2D eigenvalue weighted by atomic mass is 32.1. The summed E-state index contributed by atoms with van der Waals surface area (Å²) >= 11 is 3.23. The zero-order valence-corrected chi connectivity index (χ0v) is 18.4. The molecule has 9 heteroatoms. The van der Waals surface area contributed by atoms with E-state index in [0.717, 1.165) is 51.4 Å². The normalized spacial score (nSPS) is 12.5. The second kappa shape index (κ2) is 8.49. The molecule has 0 atom stereocenters. The van der Waals surface area contributed by atoms with Crippen molar-refractivity contribution in [1.82, 2.24) is 20.3 Å². The number of aryl methyl sites for hydroxylation is 2. The lowest BCUT2D eigenvalue weighted by atomic mass is 10.0. The minimum Gasteiger partial charge on any atom is -0.304 e. The standard InChI is InChI=1S/C20H23F3N4S2/c1-12-18(29-13(2)26-12)16-11-28-17(27-16)9-15-6-5-14(10-24-15)7-8-25-19(3,4)20(21,22)23/h5-6,10-11,25H,7-9H2,1-4H3. The molecule has 0 aliphatic rings. The van der Waals surface area contributed by atoms with Gasteiger partial charge in [-0.2, -0.15) is 13.2 Å². The molecular formula is C20H23F3N4S2. The average molecular weight is 441 g/mol. The van der Waals surface area contributed by atoms with Crippen molar-refractivity contribution in [3.8, 4) is 10.6 Å². The largest absolute Gasteiger partial charge is 0.406 e. The second-order valence-corrected chi connectivity index (χ2v) is 9.55. The number of halogens is 3. The van der Waals surface area contributed by atoms with Gasteiger partial charge in [-0.25, -0.2) is 9.97 Å². The van der Waals surface area contributed by atoms with E-state index in [-0.39, 0.29) is 6.54 Å². The molecule has 1 N–H and O–H groups in total. The van der Waals surface area contributed by atoms with E-state index in [9.17, 15) is 13.2 Å². The molecule has 0 saturated heterocycles. The Hall–Kier alpha value is -1.84. The van der Waals surface area contributed by atoms with Crippen LogP contribution < -0.4 is 5.32 Å². The molecular weight excluding hydrogens is 417 g/mol. The fraction of sp³-hybridized carbons (Fsp3) is 0.450. The van der Waals surface area contributed by atoms with E-state index >= 15 is 0 Å². The summed E-state index contributed by atoms with van der Waals surface area (Å²) in [4.78, 5) is 14.7. The predicted molar refractivity (Wildman–Crippen MR) is 112 cm³/mol. The Morgan fingerprint density at radius 3 is 2.45 bits per heavy atom. The number of aromatic nitrogens is 3. The first-order chi connectivity index (χ1) is 13.5. The van der Waals surface area contributed by atoms with Crippen molar-refractivity contribution < 1.29 is 13.2 Å². The predicted octanol–water partition coefficient (Wildman–Crippen LogP) is 5.34. The van der Waals surface area contributed by atoms with Crippen LogP contribution >= 0.6 is 22.7 Å². The van der Waals surface area contributed by atoms with Crippen LogP contribution in [0.2, 0.25) is 0 Å². The van der Waals surface area contributed by atoms with Gasteiger partial charge in [-0.1, -0.05) is 6.07 Å². The molecule has 0 aromatic carbocycles. The number of rotatable bonds is 7. The van der Waals surface area contributed by atoms with Crippen LogP contribution in [-0.2, 0) is 12.8 Å². The van der Waals surface area contributed by atoms with Crippen molar-refractivity contribution in [2.75, 3.05) is 6.54 Å². The molecule has 0 fully saturated rings. The summed E-state index contributed by atoms with van der Waals surface area (Å²) in [6.45, 7) is 6.50. The van der Waals surface area contributed by atoms with Crippen LogP contribution in [0.3, 0.4) is 0 Å². The third-order valence-corrected chi connectivity index (χ3v) is 6.54. The molecule has 0 spiro atoms. The van der Waals surface area contributed by atoms with Gasteiger partial charge in [-0.15, -0.1) is 22.7 Å². The van der Waals surface area contributed by atoms with Crippen LogP contribution in [-0.4, -0.2) is 33.2 Å². The fourth-order valence-corrected chi connectivity index (χ4v) is 4.50. The van der Waals surface area contributed by atoms with E-state index in [2.05, 4.69) is 15.3 Å². The summed E-state index contributed by atoms with van der Waals surface area (Å²) in [6.07, 6.45) is -1.44. The van der Waals surface area contributed by atoms with Crippen LogP contribution in [0.25, 0.3) is 10.6 Å². The van der Waals surface area contributed by atoms with E-state index in [1.54, 1.807) is 28.9 Å². The Labute approximate surface area is 176 Å². The highest BCUT2D eigenvalue weighted by molar-refractivity contribution is 7.15. The maximum absolute atomic E-state index is 12.9. The van der Waals surface area contributed by atoms with Crippen LogP contribution in [0.5, 0.6) is 0 Å². The Bertz CT molecular complexity index is 959. The van der Waals surface area contributed by atoms with Crippen molar-refractivity contribution >= 4 is 22.7 Å². The van der Waals surface area contributed by atoms with Gasteiger partial charge >= 0.3 is 6.18 Å². The Morgan fingerprint density at radius 2 is 1.86 bits per heavy atom. The summed E-state index contributed by atoms with van der Waals surface area (Å²) in [7, 11) is 0. The van der Waals surface area contributed by atoms with Gasteiger partial charge < -0.3 is 5.32 Å². The zero-order valence-electron chi connectivity index (χ0n) is 16.7. The minimum absolute atomic E-state index is 0.233. The van der Waals surface area contributed by atoms with Gasteiger partial charge in [0.2, 0.25) is 0 Å². The van der Waals surface area contributed by atoms with Gasteiger partial charge in [0.05, 0.1) is 26.3 Å². The molecule has 0 radical (unpaired) electrons. The SMILES string of the molecule is Cc1nc(C)c(-c2csc(Cc3ccc(CCNC(C)(C)C(F)(F)F)cn3)n2)s1. The van der Waals surface area contributed by atoms with Crippen molar-refractivity contribution in [3.05, 3.63) is 50.7 Å². The first-order valence-corrected chi connectivity index (χ1v) is 10.9. The van der Waals surface area contributed by atoms with E-state index in [0.29, 0.717) is 12.8 Å². The number of hydrogen-bond acceptors (Lipinski definition) is 6. The smallest absolute Gasteiger partial charge is 0.304 e. The average Bonchev–Trinajstić information content (AvgIpc) is 3.21. The molecule has 3 aromatic rings. The molecule has 0 unspecified atom stereocenters. The maximum atomic E-state index is 12.9. The molecule has 0 saturated carbocycles. The molecule has 3 heterocycles. The van der Waals surface area contributed by atoms with Crippen molar-refractivity contribution in [3.63, 3.8) is 0 Å². The third kappa shape index (κ3) is 5.40. The first-order valence-electron chi connectivity index (χ1n) is 9.19. The number of nitrogens with zero attached hydrogens (tertiary/aromatic N) is 3. The van der Waals surface area contributed by atoms with Crippen LogP contribution in [0.1, 0.15) is 40.8 Å². The molecule has 0 aliphatic carbocycles. The number of hydrogen-bond donors (Lipinski definition) is 1. The molecule has 0 aliphatic heterocycles. The van der Waals surface area contributed by atoms with Gasteiger partial charge in [0, 0.05) is 30.2 Å². The van der Waals surface area contributed by atoms with Gasteiger partial charge in [0.25, 0.3) is 0 Å². The summed E-state index contributed by atoms with van der Waals surface area (Å²) in [5.74, 6) is 0. The number of nitrogens with one attached hydrogen (secondary N) is 1. The summed E-state index contributed by atoms with van der Waals surface area (Å²) < 4.78 is 38.6. The lowest BCUT2D eigenvalue weighted by Crippen LogP contribution is -2.52. The fourth-order valence-electron chi connectivity index (χ4n) is 2.75. The van der Waals surface area contributed by atoms with Gasteiger partial charge in [0.1, 0.15) is 5.54 Å². The lowest BCUT2D eigenvalue weighted by Gasteiger charge is -2.29. The van der Waals surface area contributed by atoms with Crippen molar-refractivity contribution in [1.29, 1.82) is 0 Å². The lowest BCUT2D eigenvalue weighted by molar-refractivity contribution is -0.185. The molecule has 3 aromatic heterocycles. The number of pyridine rings is 1. The number of thiazole rings is 2. The molecule has 0 bridgehead atoms. The van der Waals surface area contributed by atoms with Crippen molar-refractivity contribution in [2.24, 2.45) is 0 Å². The highest BCUT2D eigenvalue weighted by Crippen LogP contribution is 2.31. The van der Waals surface area contributed by atoms with Gasteiger partial charge in [-0.05, 0) is 45.7 Å². The van der Waals surface area contributed by atoms with E-state index < -0.39 is 11.7 Å². The first kappa shape index (κ1) is 21.9. The monoisotopic (exact) mass is 440 g/mol. The topological polar surface area (TPSA) is 50.7 Å². The minimum atomic E-state index is -4.28. The number of alkyl halides is 3. The third-order valence-electron chi connectivity index (χ3n) is 4.60. The Balaban J connectivity index is 1.57. The summed E-state index contributed by atoms with van der Waals surface area (Å²) in [5.41, 5.74) is 1.82. The van der Waals surface area contributed by atoms with Crippen molar-refractivity contribution in [2.45, 2.75) is 52.3 Å².